The second-order valence-electron chi connectivity index (χ2n) is 14.7. The normalized spacial score (nSPS) is 20.7. The van der Waals surface area contributed by atoms with E-state index in [1.54, 1.807) is 31.2 Å². The van der Waals surface area contributed by atoms with Crippen LogP contribution in [0.3, 0.4) is 0 Å². The monoisotopic (exact) mass is 801 g/mol. The lowest BCUT2D eigenvalue weighted by molar-refractivity contribution is -0.190. The number of aromatic nitrogens is 4. The highest BCUT2D eigenvalue weighted by Gasteiger charge is 2.51. The molecule has 3 aromatic carbocycles. The Morgan fingerprint density at radius 2 is 1.67 bits per heavy atom. The van der Waals surface area contributed by atoms with Crippen molar-refractivity contribution in [3.63, 3.8) is 0 Å². The van der Waals surface area contributed by atoms with Crippen molar-refractivity contribution in [2.45, 2.75) is 75.2 Å². The van der Waals surface area contributed by atoms with E-state index in [4.69, 9.17) is 9.97 Å². The van der Waals surface area contributed by atoms with Crippen molar-refractivity contribution in [2.24, 2.45) is 0 Å². The van der Waals surface area contributed by atoms with Gasteiger partial charge in [0.05, 0.1) is 18.4 Å². The standard InChI is InChI=1S/C41H46F3N9O5/c1-2-17-52(38(57)41(42,43)44)31-20-32(35(56)34(31)55)53-24-47-33-36(45-22-30(26-11-5-3-6-12-26)27-13-7-4-8-14-27)49-39(50-37(33)53)51-18-16-28(23-51)48-40(58)46-21-25-10-9-15-29(54)19-25/h3-15,19,24,28,30-32,34-35,54-56H,2,16-18,20-23H2,1H3,(H,45,49,50)(H2,46,48,58)/t28-,31+,32-,34-,35+/m1/s1. The van der Waals surface area contributed by atoms with Gasteiger partial charge in [0.25, 0.3) is 0 Å². The second kappa shape index (κ2) is 17.3. The maximum atomic E-state index is 13.7. The van der Waals surface area contributed by atoms with Gasteiger partial charge in [-0.15, -0.1) is 0 Å². The second-order valence-corrected chi connectivity index (χ2v) is 14.7. The summed E-state index contributed by atoms with van der Waals surface area (Å²) in [5, 5.41) is 41.5. The third kappa shape index (κ3) is 8.79. The molecule has 2 aliphatic rings. The summed E-state index contributed by atoms with van der Waals surface area (Å²) < 4.78 is 42.5. The SMILES string of the molecule is CCCN(C(=O)C(F)(F)F)[C@H]1C[C@@H](n2cnc3c(NCC(c4ccccc4)c4ccccc4)nc(N4CC[C@@H](NC(=O)NCc5cccc(O)c5)C4)nc32)[C@H](O)[C@@H]1O. The third-order valence-electron chi connectivity index (χ3n) is 10.8. The number of halogens is 3. The fourth-order valence-electron chi connectivity index (χ4n) is 7.95. The molecule has 2 fully saturated rings. The fourth-order valence-corrected chi connectivity index (χ4v) is 7.95. The van der Waals surface area contributed by atoms with E-state index in [0.29, 0.717) is 48.2 Å². The van der Waals surface area contributed by atoms with Crippen LogP contribution in [0.2, 0.25) is 0 Å². The number of nitrogens with zero attached hydrogens (tertiary/aromatic N) is 6. The first-order valence-corrected chi connectivity index (χ1v) is 19.3. The highest BCUT2D eigenvalue weighted by atomic mass is 19.4. The average Bonchev–Trinajstić information content (AvgIpc) is 3.94. The van der Waals surface area contributed by atoms with Gasteiger partial charge in [0.2, 0.25) is 5.95 Å². The number of rotatable bonds is 13. The summed E-state index contributed by atoms with van der Waals surface area (Å²) in [4.78, 5) is 42.3. The minimum absolute atomic E-state index is 0.0973. The van der Waals surface area contributed by atoms with E-state index in [0.717, 1.165) is 16.7 Å². The van der Waals surface area contributed by atoms with Crippen LogP contribution in [-0.2, 0) is 11.3 Å². The fraction of sp³-hybridized carbons (Fsp3) is 0.390. The first-order chi connectivity index (χ1) is 27.9. The number of phenolic OH excluding ortho intramolecular Hbond substituents is 1. The highest BCUT2D eigenvalue weighted by molar-refractivity contribution is 5.85. The van der Waals surface area contributed by atoms with E-state index < -0.39 is 36.4 Å². The van der Waals surface area contributed by atoms with Crippen LogP contribution in [0.4, 0.5) is 29.7 Å². The van der Waals surface area contributed by atoms with Gasteiger partial charge in [-0.2, -0.15) is 23.1 Å². The number of imidazole rings is 1. The van der Waals surface area contributed by atoms with Crippen molar-refractivity contribution in [3.05, 3.63) is 108 Å². The predicted molar refractivity (Wildman–Crippen MR) is 210 cm³/mol. The molecule has 17 heteroatoms. The summed E-state index contributed by atoms with van der Waals surface area (Å²) in [5.74, 6) is -1.40. The topological polar surface area (TPSA) is 181 Å². The first-order valence-electron chi connectivity index (χ1n) is 19.3. The van der Waals surface area contributed by atoms with Gasteiger partial charge in [-0.05, 0) is 48.1 Å². The quantitative estimate of drug-likeness (QED) is 0.0979. The van der Waals surface area contributed by atoms with Crippen molar-refractivity contribution >= 4 is 34.9 Å². The van der Waals surface area contributed by atoms with E-state index in [1.165, 1.54) is 10.9 Å². The zero-order valence-electron chi connectivity index (χ0n) is 31.8. The number of aliphatic hydroxyl groups excluding tert-OH is 2. The van der Waals surface area contributed by atoms with Crippen LogP contribution in [0.15, 0.2) is 91.3 Å². The van der Waals surface area contributed by atoms with E-state index in [1.807, 2.05) is 65.6 Å². The van der Waals surface area contributed by atoms with Crippen molar-refractivity contribution in [3.8, 4) is 5.75 Å². The zero-order chi connectivity index (χ0) is 41.0. The maximum absolute atomic E-state index is 13.7. The van der Waals surface area contributed by atoms with Crippen LogP contribution in [0.5, 0.6) is 5.75 Å². The van der Waals surface area contributed by atoms with E-state index in [9.17, 15) is 38.1 Å². The number of anilines is 2. The molecule has 306 valence electrons. The summed E-state index contributed by atoms with van der Waals surface area (Å²) in [6.07, 6.45) is -6.35. The number of urea groups is 1. The van der Waals surface area contributed by atoms with Crippen molar-refractivity contribution in [1.29, 1.82) is 0 Å². The molecule has 1 saturated heterocycles. The summed E-state index contributed by atoms with van der Waals surface area (Å²) in [6.45, 7) is 2.82. The number of carbonyl (C=O) groups excluding carboxylic acids is 2. The van der Waals surface area contributed by atoms with Gasteiger partial charge in [0, 0.05) is 44.7 Å². The Balaban J connectivity index is 1.18. The van der Waals surface area contributed by atoms with Crippen molar-refractivity contribution in [2.75, 3.05) is 36.4 Å². The number of hydrogen-bond donors (Lipinski definition) is 6. The average molecular weight is 802 g/mol. The van der Waals surface area contributed by atoms with E-state index in [2.05, 4.69) is 20.9 Å². The van der Waals surface area contributed by atoms with Gasteiger partial charge in [0.15, 0.2) is 17.0 Å². The molecule has 14 nitrogen and oxygen atoms in total. The van der Waals surface area contributed by atoms with Crippen LogP contribution >= 0.6 is 0 Å². The molecule has 3 heterocycles. The summed E-state index contributed by atoms with van der Waals surface area (Å²) in [5.41, 5.74) is 3.47. The van der Waals surface area contributed by atoms with Crippen LogP contribution < -0.4 is 20.9 Å². The lowest BCUT2D eigenvalue weighted by Crippen LogP contribution is -2.51. The third-order valence-corrected chi connectivity index (χ3v) is 10.8. The number of amides is 3. The largest absolute Gasteiger partial charge is 0.508 e. The van der Waals surface area contributed by atoms with Gasteiger partial charge in [0.1, 0.15) is 18.0 Å². The molecule has 0 radical (unpaired) electrons. The zero-order valence-corrected chi connectivity index (χ0v) is 31.8. The number of fused-ring (bicyclic) bond motifs is 1. The van der Waals surface area contributed by atoms with Crippen LogP contribution in [-0.4, -0.2) is 108 Å². The Bertz CT molecular complexity index is 2150. The molecule has 0 unspecified atom stereocenters. The number of carbonyl (C=O) groups is 2. The molecule has 1 saturated carbocycles. The Hall–Kier alpha value is -5.94. The molecule has 5 atom stereocenters. The smallest absolute Gasteiger partial charge is 0.471 e. The summed E-state index contributed by atoms with van der Waals surface area (Å²) in [6, 6.07) is 23.6. The minimum atomic E-state index is -5.16. The molecule has 2 aromatic heterocycles. The number of hydrogen-bond acceptors (Lipinski definition) is 10. The van der Waals surface area contributed by atoms with Crippen molar-refractivity contribution in [1.82, 2.24) is 35.1 Å². The first kappa shape index (κ1) is 40.3. The predicted octanol–water partition coefficient (Wildman–Crippen LogP) is 4.69. The molecule has 1 aliphatic carbocycles. The van der Waals surface area contributed by atoms with Gasteiger partial charge in [-0.25, -0.2) is 9.78 Å². The molecule has 7 rings (SSSR count). The molecule has 0 bridgehead atoms. The highest BCUT2D eigenvalue weighted by Crippen LogP contribution is 2.38. The van der Waals surface area contributed by atoms with E-state index >= 15 is 0 Å². The molecule has 58 heavy (non-hydrogen) atoms. The Kier molecular flexibility index (Phi) is 12.0. The minimum Gasteiger partial charge on any atom is -0.508 e. The number of benzene rings is 3. The number of aromatic hydroxyl groups is 1. The van der Waals surface area contributed by atoms with Gasteiger partial charge in [-0.1, -0.05) is 79.7 Å². The van der Waals surface area contributed by atoms with Gasteiger partial charge >= 0.3 is 18.1 Å². The van der Waals surface area contributed by atoms with Gasteiger partial charge < -0.3 is 45.6 Å². The van der Waals surface area contributed by atoms with Gasteiger partial charge in [-0.3, -0.25) is 4.79 Å². The Labute approximate surface area is 332 Å². The Morgan fingerprint density at radius 1 is 0.966 bits per heavy atom. The summed E-state index contributed by atoms with van der Waals surface area (Å²) >= 11 is 0. The molecule has 5 aromatic rings. The molecule has 3 amide bonds. The molecule has 6 N–H and O–H groups in total. The summed E-state index contributed by atoms with van der Waals surface area (Å²) in [7, 11) is 0. The molecule has 0 spiro atoms. The van der Waals surface area contributed by atoms with Crippen molar-refractivity contribution < 1.29 is 38.1 Å². The lowest BCUT2D eigenvalue weighted by Gasteiger charge is -2.31. The number of aliphatic hydroxyl groups is 2. The number of alkyl halides is 3. The lowest BCUT2D eigenvalue weighted by atomic mass is 9.91. The molecule has 1 aliphatic heterocycles. The molecular formula is C41H46F3N9O5. The maximum Gasteiger partial charge on any atom is 0.471 e. The van der Waals surface area contributed by atoms with Crippen LogP contribution in [0, 0.1) is 0 Å². The Morgan fingerprint density at radius 3 is 2.33 bits per heavy atom. The van der Waals surface area contributed by atoms with Crippen LogP contribution in [0.1, 0.15) is 54.8 Å². The van der Waals surface area contributed by atoms with E-state index in [-0.39, 0.29) is 55.3 Å². The number of phenols is 1. The van der Waals surface area contributed by atoms with Crippen LogP contribution in [0.25, 0.3) is 11.2 Å². The molecular weight excluding hydrogens is 756 g/mol. The number of nitrogens with one attached hydrogen (secondary N) is 3.